The van der Waals surface area contributed by atoms with E-state index in [1.165, 1.54) is 25.9 Å². The number of rotatable bonds is 3. The van der Waals surface area contributed by atoms with E-state index in [9.17, 15) is 0 Å². The van der Waals surface area contributed by atoms with Gasteiger partial charge in [-0.2, -0.15) is 10.4 Å². The van der Waals surface area contributed by atoms with Crippen LogP contribution in [0, 0.1) is 11.3 Å². The van der Waals surface area contributed by atoms with Crippen LogP contribution in [0.25, 0.3) is 38.8 Å². The van der Waals surface area contributed by atoms with Gasteiger partial charge in [-0.25, -0.2) is 4.98 Å². The van der Waals surface area contributed by atoms with Crippen LogP contribution < -0.4 is 10.1 Å². The highest BCUT2D eigenvalue weighted by Crippen LogP contribution is 2.38. The van der Waals surface area contributed by atoms with E-state index in [0.717, 1.165) is 44.6 Å². The average Bonchev–Trinajstić information content (AvgIpc) is 3.66. The molecule has 34 heavy (non-hydrogen) atoms. The molecule has 0 radical (unpaired) electrons. The number of hydrogen-bond acceptors (Lipinski definition) is 5. The van der Waals surface area contributed by atoms with Crippen molar-refractivity contribution < 1.29 is 4.74 Å². The van der Waals surface area contributed by atoms with E-state index in [1.54, 1.807) is 19.6 Å². The quantitative estimate of drug-likeness (QED) is 0.427. The van der Waals surface area contributed by atoms with Crippen molar-refractivity contribution in [3.8, 4) is 34.2 Å². The van der Waals surface area contributed by atoms with Crippen molar-refractivity contribution >= 4 is 16.4 Å². The van der Waals surface area contributed by atoms with Crippen molar-refractivity contribution in [1.82, 2.24) is 24.5 Å². The summed E-state index contributed by atoms with van der Waals surface area (Å²) in [6.45, 7) is 2.50. The second-order valence-corrected chi connectivity index (χ2v) is 8.31. The Morgan fingerprint density at radius 3 is 2.41 bits per heavy atom. The summed E-state index contributed by atoms with van der Waals surface area (Å²) in [5.41, 5.74) is 6.65. The molecule has 0 aliphatic carbocycles. The van der Waals surface area contributed by atoms with Crippen molar-refractivity contribution in [1.29, 1.82) is 5.26 Å². The number of nitrogens with zero attached hydrogens (tertiary/aromatic N) is 5. The third-order valence-corrected chi connectivity index (χ3v) is 6.18. The molecule has 4 heterocycles. The molecular formula is C27H26N6O. The highest BCUT2D eigenvalue weighted by molar-refractivity contribution is 5.91. The van der Waals surface area contributed by atoms with Crippen LogP contribution in [0.4, 0.5) is 0 Å². The zero-order valence-corrected chi connectivity index (χ0v) is 19.3. The summed E-state index contributed by atoms with van der Waals surface area (Å²) in [5.74, 6) is 0.744. The minimum atomic E-state index is 0.628. The molecule has 7 heteroatoms. The Morgan fingerprint density at radius 1 is 0.971 bits per heavy atom. The van der Waals surface area contributed by atoms with Gasteiger partial charge in [-0.15, -0.1) is 0 Å². The number of methoxy groups -OCH3 is 1. The molecule has 0 saturated carbocycles. The fourth-order valence-corrected chi connectivity index (χ4v) is 4.40. The van der Waals surface area contributed by atoms with Crippen molar-refractivity contribution in [2.75, 3.05) is 20.2 Å². The number of ether oxygens (including phenoxy) is 1. The molecule has 0 atom stereocenters. The maximum absolute atomic E-state index is 9.14. The van der Waals surface area contributed by atoms with Gasteiger partial charge >= 0.3 is 0 Å². The van der Waals surface area contributed by atoms with Gasteiger partial charge in [0.1, 0.15) is 11.3 Å². The van der Waals surface area contributed by atoms with E-state index in [-0.39, 0.29) is 0 Å². The van der Waals surface area contributed by atoms with Crippen LogP contribution in [0.1, 0.15) is 18.4 Å². The Balaban J connectivity index is 0.000000429. The topological polar surface area (TPSA) is 80.2 Å². The molecule has 0 unspecified atom stereocenters. The molecule has 5 aromatic rings. The number of aryl methyl sites for hydroxylation is 1. The monoisotopic (exact) mass is 450 g/mol. The number of pyridine rings is 1. The SMILES string of the molecule is C1CCNC1.COc1cc(-c2ccc(C#N)cc2)c(-c2ccc3c(cnn3C)c2)n2cncc12. The summed E-state index contributed by atoms with van der Waals surface area (Å²) >= 11 is 0. The number of aromatic nitrogens is 4. The van der Waals surface area contributed by atoms with Crippen LogP contribution in [0.5, 0.6) is 5.75 Å². The van der Waals surface area contributed by atoms with Crippen LogP contribution in [0.15, 0.2) is 67.3 Å². The van der Waals surface area contributed by atoms with Gasteiger partial charge in [0.2, 0.25) is 0 Å². The lowest BCUT2D eigenvalue weighted by Gasteiger charge is -2.16. The van der Waals surface area contributed by atoms with Gasteiger partial charge < -0.3 is 10.1 Å². The highest BCUT2D eigenvalue weighted by atomic mass is 16.5. The number of fused-ring (bicyclic) bond motifs is 2. The smallest absolute Gasteiger partial charge is 0.145 e. The summed E-state index contributed by atoms with van der Waals surface area (Å²) in [6, 6.07) is 18.1. The van der Waals surface area contributed by atoms with Gasteiger partial charge in [-0.1, -0.05) is 18.2 Å². The Hall–Kier alpha value is -4.15. The molecule has 0 spiro atoms. The van der Waals surface area contributed by atoms with Gasteiger partial charge in [0.25, 0.3) is 0 Å². The highest BCUT2D eigenvalue weighted by Gasteiger charge is 2.17. The molecule has 1 N–H and O–H groups in total. The molecule has 3 aromatic heterocycles. The first-order valence-electron chi connectivity index (χ1n) is 11.4. The Morgan fingerprint density at radius 2 is 1.74 bits per heavy atom. The van der Waals surface area contributed by atoms with Gasteiger partial charge in [0.05, 0.1) is 48.7 Å². The number of benzene rings is 2. The fraction of sp³-hybridized carbons (Fsp3) is 0.222. The first-order valence-corrected chi connectivity index (χ1v) is 11.4. The first-order chi connectivity index (χ1) is 16.7. The zero-order chi connectivity index (χ0) is 23.5. The summed E-state index contributed by atoms with van der Waals surface area (Å²) < 4.78 is 9.54. The molecule has 6 rings (SSSR count). The predicted molar refractivity (Wildman–Crippen MR) is 134 cm³/mol. The van der Waals surface area contributed by atoms with Crippen molar-refractivity contribution in [2.24, 2.45) is 7.05 Å². The second kappa shape index (κ2) is 9.38. The van der Waals surface area contributed by atoms with Crippen LogP contribution in [0.3, 0.4) is 0 Å². The third-order valence-electron chi connectivity index (χ3n) is 6.18. The normalized spacial score (nSPS) is 13.0. The van der Waals surface area contributed by atoms with Gasteiger partial charge in [0.15, 0.2) is 0 Å². The molecule has 0 amide bonds. The summed E-state index contributed by atoms with van der Waals surface area (Å²) in [5, 5.41) is 17.8. The van der Waals surface area contributed by atoms with Gasteiger partial charge in [-0.3, -0.25) is 9.08 Å². The van der Waals surface area contributed by atoms with Gasteiger partial charge in [-0.05, 0) is 67.4 Å². The zero-order valence-electron chi connectivity index (χ0n) is 19.3. The standard InChI is InChI=1S/C23H17N5O.C4H9N/c1-27-20-8-7-17(9-18(20)12-26-27)23-19(16-5-3-15(11-24)4-6-16)10-22(29-2)21-13-25-14-28(21)23;1-2-4-5-3-1/h3-10,12-14H,1-2H3;5H,1-4H2. The number of hydrogen-bond donors (Lipinski definition) is 1. The molecule has 170 valence electrons. The van der Waals surface area contributed by atoms with Gasteiger partial charge in [0, 0.05) is 18.0 Å². The summed E-state index contributed by atoms with van der Waals surface area (Å²) in [4.78, 5) is 4.35. The van der Waals surface area contributed by atoms with E-state index in [1.807, 2.05) is 52.7 Å². The van der Waals surface area contributed by atoms with Crippen molar-refractivity contribution in [3.63, 3.8) is 0 Å². The minimum absolute atomic E-state index is 0.628. The number of nitrogens with one attached hydrogen (secondary N) is 1. The molecule has 1 aliphatic rings. The lowest BCUT2D eigenvalue weighted by molar-refractivity contribution is 0.418. The molecule has 1 saturated heterocycles. The van der Waals surface area contributed by atoms with Crippen LogP contribution in [-0.4, -0.2) is 39.4 Å². The minimum Gasteiger partial charge on any atom is -0.494 e. The Kier molecular flexibility index (Phi) is 5.98. The molecular weight excluding hydrogens is 424 g/mol. The Bertz CT molecular complexity index is 1480. The molecule has 0 bridgehead atoms. The van der Waals surface area contributed by atoms with Crippen LogP contribution in [0.2, 0.25) is 0 Å². The molecule has 7 nitrogen and oxygen atoms in total. The maximum Gasteiger partial charge on any atom is 0.145 e. The fourth-order valence-electron chi connectivity index (χ4n) is 4.40. The van der Waals surface area contributed by atoms with Crippen LogP contribution in [-0.2, 0) is 7.05 Å². The van der Waals surface area contributed by atoms with E-state index < -0.39 is 0 Å². The lowest BCUT2D eigenvalue weighted by atomic mass is 9.97. The second-order valence-electron chi connectivity index (χ2n) is 8.31. The van der Waals surface area contributed by atoms with E-state index >= 15 is 0 Å². The average molecular weight is 451 g/mol. The Labute approximate surface area is 198 Å². The summed E-state index contributed by atoms with van der Waals surface area (Å²) in [6.07, 6.45) is 8.25. The van der Waals surface area contributed by atoms with Crippen LogP contribution >= 0.6 is 0 Å². The number of imidazole rings is 1. The van der Waals surface area contributed by atoms with E-state index in [0.29, 0.717) is 5.56 Å². The molecule has 1 fully saturated rings. The predicted octanol–water partition coefficient (Wildman–Crippen LogP) is 4.81. The molecule has 2 aromatic carbocycles. The largest absolute Gasteiger partial charge is 0.494 e. The third kappa shape index (κ3) is 4.00. The van der Waals surface area contributed by atoms with E-state index in [4.69, 9.17) is 10.00 Å². The first kappa shape index (κ1) is 21.7. The molecule has 1 aliphatic heterocycles. The van der Waals surface area contributed by atoms with Crippen molar-refractivity contribution in [2.45, 2.75) is 12.8 Å². The lowest BCUT2D eigenvalue weighted by Crippen LogP contribution is -2.03. The van der Waals surface area contributed by atoms with Crippen molar-refractivity contribution in [3.05, 3.63) is 72.8 Å². The maximum atomic E-state index is 9.14. The van der Waals surface area contributed by atoms with E-state index in [2.05, 4.69) is 39.7 Å². The number of nitriles is 1. The summed E-state index contributed by atoms with van der Waals surface area (Å²) in [7, 11) is 3.60.